The van der Waals surface area contributed by atoms with Gasteiger partial charge in [-0.25, -0.2) is 0 Å². The second-order valence-corrected chi connectivity index (χ2v) is 6.26. The van der Waals surface area contributed by atoms with E-state index in [1.54, 1.807) is 0 Å². The van der Waals surface area contributed by atoms with Crippen molar-refractivity contribution in [1.82, 2.24) is 15.1 Å². The highest BCUT2D eigenvalue weighted by atomic mass is 15.3. The van der Waals surface area contributed by atoms with Gasteiger partial charge in [-0.05, 0) is 52.6 Å². The Hall–Kier alpha value is -0.120. The highest BCUT2D eigenvalue weighted by molar-refractivity contribution is 4.83. The average molecular weight is 253 g/mol. The van der Waals surface area contributed by atoms with E-state index in [9.17, 15) is 0 Å². The molecule has 1 heterocycles. The molecule has 3 nitrogen and oxygen atoms in total. The second-order valence-electron chi connectivity index (χ2n) is 6.26. The summed E-state index contributed by atoms with van der Waals surface area (Å²) in [5.41, 5.74) is 0. The first-order valence-corrected chi connectivity index (χ1v) is 7.88. The smallest absolute Gasteiger partial charge is 0.0218 e. The molecule has 2 unspecified atom stereocenters. The molecule has 1 aliphatic carbocycles. The average Bonchev–Trinajstić information content (AvgIpc) is 3.19. The molecule has 0 radical (unpaired) electrons. The molecule has 1 N–H and O–H groups in total. The fourth-order valence-electron chi connectivity index (χ4n) is 2.98. The van der Waals surface area contributed by atoms with Gasteiger partial charge in [0, 0.05) is 37.8 Å². The number of piperazine rings is 1. The van der Waals surface area contributed by atoms with Crippen LogP contribution in [0.1, 0.15) is 46.0 Å². The number of rotatable bonds is 7. The summed E-state index contributed by atoms with van der Waals surface area (Å²) in [4.78, 5) is 5.23. The molecule has 106 valence electrons. The Morgan fingerprint density at radius 1 is 1.28 bits per heavy atom. The van der Waals surface area contributed by atoms with Crippen LogP contribution in [0.5, 0.6) is 0 Å². The van der Waals surface area contributed by atoms with Gasteiger partial charge in [0.25, 0.3) is 0 Å². The lowest BCUT2D eigenvalue weighted by Crippen LogP contribution is -2.53. The summed E-state index contributed by atoms with van der Waals surface area (Å²) >= 11 is 0. The second kappa shape index (κ2) is 6.88. The molecule has 0 amide bonds. The van der Waals surface area contributed by atoms with Gasteiger partial charge in [-0.3, -0.25) is 4.90 Å². The lowest BCUT2D eigenvalue weighted by Gasteiger charge is -2.42. The lowest BCUT2D eigenvalue weighted by atomic mass is 10.1. The minimum absolute atomic E-state index is 0.758. The van der Waals surface area contributed by atoms with Crippen molar-refractivity contribution in [2.75, 3.05) is 33.2 Å². The fraction of sp³-hybridized carbons (Fsp3) is 1.00. The molecule has 0 spiro atoms. The molecule has 0 aromatic carbocycles. The Kier molecular flexibility index (Phi) is 5.46. The highest BCUT2D eigenvalue weighted by Gasteiger charge is 2.25. The molecule has 2 aliphatic rings. The quantitative estimate of drug-likeness (QED) is 0.700. The molecule has 1 saturated heterocycles. The molecule has 2 atom stereocenters. The molecule has 0 bridgehead atoms. The first-order valence-electron chi connectivity index (χ1n) is 7.88. The first-order chi connectivity index (χ1) is 8.70. The summed E-state index contributed by atoms with van der Waals surface area (Å²) in [5.74, 6) is 0. The van der Waals surface area contributed by atoms with Gasteiger partial charge in [-0.15, -0.1) is 0 Å². The van der Waals surface area contributed by atoms with E-state index >= 15 is 0 Å². The van der Waals surface area contributed by atoms with E-state index in [1.165, 1.54) is 58.3 Å². The highest BCUT2D eigenvalue weighted by Crippen LogP contribution is 2.19. The molecule has 3 heteroatoms. The molecule has 0 aromatic rings. The molecule has 2 fully saturated rings. The number of nitrogens with zero attached hydrogens (tertiary/aromatic N) is 2. The van der Waals surface area contributed by atoms with Gasteiger partial charge in [-0.1, -0.05) is 6.92 Å². The van der Waals surface area contributed by atoms with Crippen molar-refractivity contribution in [3.8, 4) is 0 Å². The molecular formula is C15H31N3. The largest absolute Gasteiger partial charge is 0.314 e. The predicted molar refractivity (Wildman–Crippen MR) is 78.0 cm³/mol. The molecule has 1 saturated carbocycles. The van der Waals surface area contributed by atoms with Crippen molar-refractivity contribution in [3.63, 3.8) is 0 Å². The van der Waals surface area contributed by atoms with Crippen LogP contribution in [0.15, 0.2) is 0 Å². The summed E-state index contributed by atoms with van der Waals surface area (Å²) in [6.45, 7) is 9.71. The van der Waals surface area contributed by atoms with Crippen LogP contribution in [0.2, 0.25) is 0 Å². The van der Waals surface area contributed by atoms with E-state index in [1.807, 2.05) is 0 Å². The number of nitrogens with one attached hydrogen (secondary N) is 1. The van der Waals surface area contributed by atoms with Crippen LogP contribution in [0.4, 0.5) is 0 Å². The van der Waals surface area contributed by atoms with Gasteiger partial charge in [0.1, 0.15) is 0 Å². The Bertz CT molecular complexity index is 240. The maximum absolute atomic E-state index is 3.62. The maximum Gasteiger partial charge on any atom is 0.0218 e. The monoisotopic (exact) mass is 253 g/mol. The Morgan fingerprint density at radius 2 is 2.06 bits per heavy atom. The van der Waals surface area contributed by atoms with Gasteiger partial charge in [0.15, 0.2) is 0 Å². The summed E-state index contributed by atoms with van der Waals surface area (Å²) in [7, 11) is 2.27. The van der Waals surface area contributed by atoms with Crippen LogP contribution in [0.25, 0.3) is 0 Å². The summed E-state index contributed by atoms with van der Waals surface area (Å²) in [5, 5.41) is 3.62. The van der Waals surface area contributed by atoms with Crippen LogP contribution in [-0.2, 0) is 0 Å². The Morgan fingerprint density at radius 3 is 2.72 bits per heavy atom. The normalized spacial score (nSPS) is 28.5. The van der Waals surface area contributed by atoms with E-state index < -0.39 is 0 Å². The van der Waals surface area contributed by atoms with Crippen molar-refractivity contribution < 1.29 is 0 Å². The molecule has 0 aromatic heterocycles. The van der Waals surface area contributed by atoms with E-state index in [-0.39, 0.29) is 0 Å². The zero-order valence-corrected chi connectivity index (χ0v) is 12.5. The lowest BCUT2D eigenvalue weighted by molar-refractivity contribution is 0.0644. The van der Waals surface area contributed by atoms with Gasteiger partial charge in [0.2, 0.25) is 0 Å². The van der Waals surface area contributed by atoms with Crippen molar-refractivity contribution in [1.29, 1.82) is 0 Å². The Labute approximate surface area is 113 Å². The van der Waals surface area contributed by atoms with Crippen molar-refractivity contribution in [2.45, 2.75) is 64.1 Å². The van der Waals surface area contributed by atoms with Gasteiger partial charge in [0.05, 0.1) is 0 Å². The third kappa shape index (κ3) is 4.22. The summed E-state index contributed by atoms with van der Waals surface area (Å²) < 4.78 is 0. The van der Waals surface area contributed by atoms with Gasteiger partial charge >= 0.3 is 0 Å². The van der Waals surface area contributed by atoms with Crippen LogP contribution >= 0.6 is 0 Å². The summed E-state index contributed by atoms with van der Waals surface area (Å²) in [6.07, 6.45) is 6.78. The number of hydrogen-bond acceptors (Lipinski definition) is 3. The standard InChI is InChI=1S/C15H31N3/c1-4-15-12-18(11-10-17(15)3)13(2)6-5-9-16-14-7-8-14/h13-16H,4-12H2,1-3H3. The number of hydrogen-bond donors (Lipinski definition) is 1. The minimum Gasteiger partial charge on any atom is -0.314 e. The van der Waals surface area contributed by atoms with Crippen molar-refractivity contribution >= 4 is 0 Å². The van der Waals surface area contributed by atoms with E-state index in [0.29, 0.717) is 0 Å². The molecule has 18 heavy (non-hydrogen) atoms. The third-order valence-corrected chi connectivity index (χ3v) is 4.71. The van der Waals surface area contributed by atoms with Crippen LogP contribution in [0, 0.1) is 0 Å². The zero-order valence-electron chi connectivity index (χ0n) is 12.5. The Balaban J connectivity index is 1.62. The van der Waals surface area contributed by atoms with Crippen molar-refractivity contribution in [3.05, 3.63) is 0 Å². The molecular weight excluding hydrogens is 222 g/mol. The maximum atomic E-state index is 3.62. The third-order valence-electron chi connectivity index (χ3n) is 4.71. The van der Waals surface area contributed by atoms with Crippen LogP contribution in [0.3, 0.4) is 0 Å². The van der Waals surface area contributed by atoms with Gasteiger partial charge < -0.3 is 10.2 Å². The SMILES string of the molecule is CCC1CN(C(C)CCCNC2CC2)CCN1C. The number of likely N-dealkylation sites (N-methyl/N-ethyl adjacent to an activating group) is 1. The van der Waals surface area contributed by atoms with E-state index in [0.717, 1.165) is 18.1 Å². The van der Waals surface area contributed by atoms with Crippen LogP contribution < -0.4 is 5.32 Å². The van der Waals surface area contributed by atoms with E-state index in [4.69, 9.17) is 0 Å². The summed E-state index contributed by atoms with van der Waals surface area (Å²) in [6, 6.07) is 2.40. The first kappa shape index (κ1) is 14.3. The predicted octanol–water partition coefficient (Wildman–Crippen LogP) is 1.93. The van der Waals surface area contributed by atoms with Gasteiger partial charge in [-0.2, -0.15) is 0 Å². The fourth-order valence-corrected chi connectivity index (χ4v) is 2.98. The zero-order chi connectivity index (χ0) is 13.0. The molecule has 1 aliphatic heterocycles. The topological polar surface area (TPSA) is 18.5 Å². The van der Waals surface area contributed by atoms with Crippen molar-refractivity contribution in [2.24, 2.45) is 0 Å². The minimum atomic E-state index is 0.758. The molecule has 2 rings (SSSR count). The van der Waals surface area contributed by atoms with Crippen LogP contribution in [-0.4, -0.2) is 61.2 Å². The van der Waals surface area contributed by atoms with E-state index in [2.05, 4.69) is 36.0 Å².